The smallest absolute Gasteiger partial charge is 0.326 e. The molecule has 1 N–H and O–H groups in total. The van der Waals surface area contributed by atoms with E-state index in [1.54, 1.807) is 18.8 Å². The third kappa shape index (κ3) is 2.59. The number of amides is 4. The van der Waals surface area contributed by atoms with E-state index < -0.39 is 0 Å². The average Bonchev–Trinajstić information content (AvgIpc) is 2.70. The summed E-state index contributed by atoms with van der Waals surface area (Å²) >= 11 is 1.60. The molecule has 0 saturated carbocycles. The Labute approximate surface area is 110 Å². The molecule has 4 amide bonds. The summed E-state index contributed by atoms with van der Waals surface area (Å²) in [4.78, 5) is 27.4. The molecule has 2 rings (SSSR count). The van der Waals surface area contributed by atoms with Crippen LogP contribution in [0.5, 0.6) is 0 Å². The summed E-state index contributed by atoms with van der Waals surface area (Å²) in [5.74, 6) is 0. The quantitative estimate of drug-likeness (QED) is 0.835. The van der Waals surface area contributed by atoms with Crippen LogP contribution >= 0.6 is 11.8 Å². The van der Waals surface area contributed by atoms with Crippen molar-refractivity contribution >= 4 is 29.5 Å². The molecule has 5 nitrogen and oxygen atoms in total. The number of hydrogen-bond donors (Lipinski definition) is 1. The molecule has 18 heavy (non-hydrogen) atoms. The van der Waals surface area contributed by atoms with E-state index in [9.17, 15) is 9.59 Å². The molecule has 1 aliphatic rings. The van der Waals surface area contributed by atoms with Gasteiger partial charge in [0.1, 0.15) is 0 Å². The number of carbonyl (C=O) groups excluding carboxylic acids is 2. The molecular formula is C12H15N3O2S. The van der Waals surface area contributed by atoms with Crippen molar-refractivity contribution in [3.05, 3.63) is 24.3 Å². The summed E-state index contributed by atoms with van der Waals surface area (Å²) in [5.41, 5.74) is 0.703. The minimum absolute atomic E-state index is 0.256. The Morgan fingerprint density at radius 2 is 2.17 bits per heavy atom. The van der Waals surface area contributed by atoms with E-state index in [1.165, 1.54) is 9.80 Å². The Balaban J connectivity index is 2.05. The third-order valence-corrected chi connectivity index (χ3v) is 3.51. The van der Waals surface area contributed by atoms with E-state index in [1.807, 2.05) is 30.5 Å². The molecule has 1 fully saturated rings. The van der Waals surface area contributed by atoms with E-state index in [-0.39, 0.29) is 12.1 Å². The predicted octanol–water partition coefficient (Wildman–Crippen LogP) is 2.31. The molecule has 0 aromatic heterocycles. The maximum atomic E-state index is 11.9. The number of carbonyl (C=O) groups is 2. The monoisotopic (exact) mass is 265 g/mol. The summed E-state index contributed by atoms with van der Waals surface area (Å²) in [5, 5.41) is 2.74. The highest BCUT2D eigenvalue weighted by Gasteiger charge is 2.30. The molecule has 1 aliphatic heterocycles. The van der Waals surface area contributed by atoms with Crippen LogP contribution in [0.25, 0.3) is 0 Å². The number of hydrogen-bond acceptors (Lipinski definition) is 3. The summed E-state index contributed by atoms with van der Waals surface area (Å²) in [7, 11) is 1.68. The van der Waals surface area contributed by atoms with Crippen LogP contribution in [0.2, 0.25) is 0 Å². The van der Waals surface area contributed by atoms with Gasteiger partial charge < -0.3 is 10.2 Å². The lowest BCUT2D eigenvalue weighted by molar-refractivity contribution is 0.195. The van der Waals surface area contributed by atoms with Crippen molar-refractivity contribution < 1.29 is 9.59 Å². The normalized spacial score (nSPS) is 15.1. The van der Waals surface area contributed by atoms with Gasteiger partial charge in [-0.15, -0.1) is 11.8 Å². The van der Waals surface area contributed by atoms with Crippen LogP contribution in [0.1, 0.15) is 0 Å². The second-order valence-corrected chi connectivity index (χ2v) is 4.90. The van der Waals surface area contributed by atoms with E-state index in [4.69, 9.17) is 0 Å². The molecule has 0 unspecified atom stereocenters. The zero-order valence-electron chi connectivity index (χ0n) is 10.3. The van der Waals surface area contributed by atoms with Crippen molar-refractivity contribution in [2.45, 2.75) is 4.90 Å². The fourth-order valence-corrected chi connectivity index (χ4v) is 2.19. The molecule has 1 aromatic carbocycles. The summed E-state index contributed by atoms with van der Waals surface area (Å²) in [6, 6.07) is 6.90. The molecule has 6 heteroatoms. The molecule has 96 valence electrons. The van der Waals surface area contributed by atoms with Gasteiger partial charge in [-0.05, 0) is 24.5 Å². The van der Waals surface area contributed by atoms with Gasteiger partial charge in [0.05, 0.1) is 0 Å². The van der Waals surface area contributed by atoms with Crippen molar-refractivity contribution in [2.75, 3.05) is 31.7 Å². The topological polar surface area (TPSA) is 52.7 Å². The lowest BCUT2D eigenvalue weighted by Crippen LogP contribution is -2.37. The van der Waals surface area contributed by atoms with Crippen molar-refractivity contribution in [1.29, 1.82) is 0 Å². The van der Waals surface area contributed by atoms with Gasteiger partial charge in [-0.3, -0.25) is 0 Å². The summed E-state index contributed by atoms with van der Waals surface area (Å²) in [6.07, 6.45) is 1.97. The lowest BCUT2D eigenvalue weighted by atomic mass is 10.3. The van der Waals surface area contributed by atoms with Crippen LogP contribution in [-0.4, -0.2) is 48.3 Å². The minimum Gasteiger partial charge on any atom is -0.326 e. The Morgan fingerprint density at radius 1 is 1.39 bits per heavy atom. The zero-order chi connectivity index (χ0) is 13.1. The van der Waals surface area contributed by atoms with Crippen molar-refractivity contribution in [3.8, 4) is 0 Å². The SMILES string of the molecule is CSc1cccc(NC(=O)N2CCN(C)C2=O)c1. The van der Waals surface area contributed by atoms with Crippen LogP contribution in [0.4, 0.5) is 15.3 Å². The number of thioether (sulfide) groups is 1. The molecule has 1 heterocycles. The number of likely N-dealkylation sites (N-methyl/N-ethyl adjacent to an activating group) is 1. The number of urea groups is 2. The lowest BCUT2D eigenvalue weighted by Gasteiger charge is -2.15. The van der Waals surface area contributed by atoms with Gasteiger partial charge in [-0.1, -0.05) is 6.07 Å². The molecule has 0 radical (unpaired) electrons. The fourth-order valence-electron chi connectivity index (χ4n) is 1.73. The van der Waals surface area contributed by atoms with Gasteiger partial charge in [-0.2, -0.15) is 0 Å². The zero-order valence-corrected chi connectivity index (χ0v) is 11.2. The highest BCUT2D eigenvalue weighted by molar-refractivity contribution is 7.98. The van der Waals surface area contributed by atoms with E-state index in [2.05, 4.69) is 5.32 Å². The van der Waals surface area contributed by atoms with Crippen LogP contribution in [-0.2, 0) is 0 Å². The average molecular weight is 265 g/mol. The highest BCUT2D eigenvalue weighted by atomic mass is 32.2. The fraction of sp³-hybridized carbons (Fsp3) is 0.333. The van der Waals surface area contributed by atoms with Gasteiger partial charge in [0.2, 0.25) is 0 Å². The second-order valence-electron chi connectivity index (χ2n) is 4.02. The van der Waals surface area contributed by atoms with E-state index in [0.29, 0.717) is 18.8 Å². The Kier molecular flexibility index (Phi) is 3.76. The van der Waals surface area contributed by atoms with Crippen molar-refractivity contribution in [2.24, 2.45) is 0 Å². The Bertz CT molecular complexity index is 478. The standard InChI is InChI=1S/C12H15N3O2S/c1-14-6-7-15(12(14)17)11(16)13-9-4-3-5-10(8-9)18-2/h3-5,8H,6-7H2,1-2H3,(H,13,16). The van der Waals surface area contributed by atoms with Gasteiger partial charge in [0.25, 0.3) is 0 Å². The van der Waals surface area contributed by atoms with E-state index >= 15 is 0 Å². The number of anilines is 1. The van der Waals surface area contributed by atoms with Crippen molar-refractivity contribution in [3.63, 3.8) is 0 Å². The second kappa shape index (κ2) is 5.30. The van der Waals surface area contributed by atoms with Gasteiger partial charge in [0.15, 0.2) is 0 Å². The van der Waals surface area contributed by atoms with Gasteiger partial charge in [-0.25, -0.2) is 14.5 Å². The van der Waals surface area contributed by atoms with Crippen LogP contribution < -0.4 is 5.32 Å². The first-order valence-corrected chi connectivity index (χ1v) is 6.82. The highest BCUT2D eigenvalue weighted by Crippen LogP contribution is 2.19. The van der Waals surface area contributed by atoms with Gasteiger partial charge in [0, 0.05) is 30.7 Å². The van der Waals surface area contributed by atoms with Gasteiger partial charge >= 0.3 is 12.1 Å². The molecule has 0 aliphatic carbocycles. The van der Waals surface area contributed by atoms with Crippen LogP contribution in [0.15, 0.2) is 29.2 Å². The molecule has 0 spiro atoms. The first kappa shape index (κ1) is 12.8. The number of nitrogens with one attached hydrogen (secondary N) is 1. The number of benzene rings is 1. The van der Waals surface area contributed by atoms with E-state index in [0.717, 1.165) is 4.90 Å². The number of rotatable bonds is 2. The number of imide groups is 1. The molecular weight excluding hydrogens is 250 g/mol. The summed E-state index contributed by atoms with van der Waals surface area (Å²) in [6.45, 7) is 1.01. The van der Waals surface area contributed by atoms with Crippen LogP contribution in [0, 0.1) is 0 Å². The minimum atomic E-state index is -0.373. The largest absolute Gasteiger partial charge is 0.330 e. The number of nitrogens with zero attached hydrogens (tertiary/aromatic N) is 2. The maximum absolute atomic E-state index is 11.9. The van der Waals surface area contributed by atoms with Crippen molar-refractivity contribution in [1.82, 2.24) is 9.80 Å². The predicted molar refractivity (Wildman–Crippen MR) is 72.0 cm³/mol. The Hall–Kier alpha value is -1.69. The third-order valence-electron chi connectivity index (χ3n) is 2.78. The molecule has 1 saturated heterocycles. The summed E-state index contributed by atoms with van der Waals surface area (Å²) < 4.78 is 0. The maximum Gasteiger partial charge on any atom is 0.330 e. The molecule has 0 bridgehead atoms. The Morgan fingerprint density at radius 3 is 2.78 bits per heavy atom. The molecule has 0 atom stereocenters. The van der Waals surface area contributed by atoms with Crippen LogP contribution in [0.3, 0.4) is 0 Å². The first-order valence-electron chi connectivity index (χ1n) is 5.59. The first-order chi connectivity index (χ1) is 8.61. The molecule has 1 aromatic rings.